The van der Waals surface area contributed by atoms with Crippen LogP contribution < -0.4 is 5.32 Å². The SMILES string of the molecule is OC(CNCC1CCOCC1)CN1CCOCC1. The average Bonchev–Trinajstić information content (AvgIpc) is 2.41. The molecule has 0 aromatic heterocycles. The second kappa shape index (κ2) is 8.07. The summed E-state index contributed by atoms with van der Waals surface area (Å²) in [4.78, 5) is 2.27. The fourth-order valence-corrected chi connectivity index (χ4v) is 2.55. The third kappa shape index (κ3) is 5.20. The van der Waals surface area contributed by atoms with Gasteiger partial charge in [0.1, 0.15) is 0 Å². The van der Waals surface area contributed by atoms with Crippen LogP contribution in [-0.4, -0.2) is 75.3 Å². The zero-order valence-electron chi connectivity index (χ0n) is 11.1. The minimum atomic E-state index is -0.275. The van der Waals surface area contributed by atoms with Crippen molar-refractivity contribution in [3.8, 4) is 0 Å². The largest absolute Gasteiger partial charge is 0.390 e. The summed E-state index contributed by atoms with van der Waals surface area (Å²) in [5.74, 6) is 0.717. The lowest BCUT2D eigenvalue weighted by molar-refractivity contribution is 0.0143. The summed E-state index contributed by atoms with van der Waals surface area (Å²) in [5, 5.41) is 13.3. The first-order valence-electron chi connectivity index (χ1n) is 7.11. The second-order valence-corrected chi connectivity index (χ2v) is 5.28. The van der Waals surface area contributed by atoms with Crippen LogP contribution in [0.15, 0.2) is 0 Å². The molecule has 0 bridgehead atoms. The highest BCUT2D eigenvalue weighted by Crippen LogP contribution is 2.13. The molecule has 2 saturated heterocycles. The Labute approximate surface area is 109 Å². The van der Waals surface area contributed by atoms with Crippen molar-refractivity contribution < 1.29 is 14.6 Å². The highest BCUT2D eigenvalue weighted by molar-refractivity contribution is 4.71. The predicted molar refractivity (Wildman–Crippen MR) is 69.7 cm³/mol. The summed E-state index contributed by atoms with van der Waals surface area (Å²) in [6.45, 7) is 7.70. The lowest BCUT2D eigenvalue weighted by Crippen LogP contribution is -2.44. The van der Waals surface area contributed by atoms with Gasteiger partial charge in [-0.1, -0.05) is 0 Å². The van der Waals surface area contributed by atoms with E-state index in [9.17, 15) is 5.11 Å². The van der Waals surface area contributed by atoms with E-state index < -0.39 is 0 Å². The number of hydrogen-bond donors (Lipinski definition) is 2. The van der Waals surface area contributed by atoms with Gasteiger partial charge in [0.15, 0.2) is 0 Å². The molecule has 0 spiro atoms. The first-order chi connectivity index (χ1) is 8.84. The van der Waals surface area contributed by atoms with Crippen LogP contribution in [-0.2, 0) is 9.47 Å². The third-order valence-electron chi connectivity index (χ3n) is 3.73. The van der Waals surface area contributed by atoms with Crippen molar-refractivity contribution in [3.05, 3.63) is 0 Å². The van der Waals surface area contributed by atoms with Crippen molar-refractivity contribution >= 4 is 0 Å². The summed E-state index contributed by atoms with van der Waals surface area (Å²) >= 11 is 0. The van der Waals surface area contributed by atoms with Crippen LogP contribution in [0.1, 0.15) is 12.8 Å². The molecule has 2 aliphatic heterocycles. The third-order valence-corrected chi connectivity index (χ3v) is 3.73. The van der Waals surface area contributed by atoms with Gasteiger partial charge in [-0.3, -0.25) is 4.90 Å². The molecule has 1 atom stereocenters. The van der Waals surface area contributed by atoms with Crippen LogP contribution >= 0.6 is 0 Å². The summed E-state index contributed by atoms with van der Waals surface area (Å²) in [6.07, 6.45) is 2.02. The zero-order chi connectivity index (χ0) is 12.6. The number of β-amino-alcohol motifs (C(OH)–C–C–N with tert-alkyl or cyclic N) is 1. The number of nitrogens with one attached hydrogen (secondary N) is 1. The molecule has 0 amide bonds. The molecule has 0 aromatic carbocycles. The van der Waals surface area contributed by atoms with E-state index in [-0.39, 0.29) is 6.10 Å². The Morgan fingerprint density at radius 1 is 1.11 bits per heavy atom. The molecule has 0 saturated carbocycles. The van der Waals surface area contributed by atoms with Gasteiger partial charge >= 0.3 is 0 Å². The molecule has 0 radical (unpaired) electrons. The van der Waals surface area contributed by atoms with Crippen molar-refractivity contribution in [3.63, 3.8) is 0 Å². The van der Waals surface area contributed by atoms with Gasteiger partial charge in [-0.2, -0.15) is 0 Å². The highest BCUT2D eigenvalue weighted by atomic mass is 16.5. The van der Waals surface area contributed by atoms with Crippen LogP contribution in [0.5, 0.6) is 0 Å². The molecule has 0 aliphatic carbocycles. The molecular formula is C13H26N2O3. The first kappa shape index (κ1) is 14.2. The van der Waals surface area contributed by atoms with Crippen molar-refractivity contribution in [2.75, 3.05) is 59.2 Å². The van der Waals surface area contributed by atoms with E-state index in [4.69, 9.17) is 9.47 Å². The minimum Gasteiger partial charge on any atom is -0.390 e. The quantitative estimate of drug-likeness (QED) is 0.685. The van der Waals surface area contributed by atoms with Crippen LogP contribution in [0.4, 0.5) is 0 Å². The van der Waals surface area contributed by atoms with Gasteiger partial charge < -0.3 is 19.9 Å². The number of nitrogens with zero attached hydrogens (tertiary/aromatic N) is 1. The Morgan fingerprint density at radius 2 is 1.78 bits per heavy atom. The summed E-state index contributed by atoms with van der Waals surface area (Å²) in [5.41, 5.74) is 0. The molecular weight excluding hydrogens is 232 g/mol. The summed E-state index contributed by atoms with van der Waals surface area (Å²) in [7, 11) is 0. The molecule has 0 aromatic rings. The second-order valence-electron chi connectivity index (χ2n) is 5.28. The maximum absolute atomic E-state index is 9.96. The van der Waals surface area contributed by atoms with Gasteiger partial charge in [-0.05, 0) is 25.3 Å². The highest BCUT2D eigenvalue weighted by Gasteiger charge is 2.16. The van der Waals surface area contributed by atoms with Gasteiger partial charge in [0.2, 0.25) is 0 Å². The molecule has 106 valence electrons. The standard InChI is InChI=1S/C13H26N2O3/c16-13(11-15-3-7-18-8-4-15)10-14-9-12-1-5-17-6-2-12/h12-14,16H,1-11H2. The van der Waals surface area contributed by atoms with Crippen LogP contribution in [0.3, 0.4) is 0 Å². The molecule has 2 heterocycles. The maximum atomic E-state index is 9.96. The Kier molecular flexibility index (Phi) is 6.37. The van der Waals surface area contributed by atoms with Crippen molar-refractivity contribution in [1.82, 2.24) is 10.2 Å². The van der Waals surface area contributed by atoms with E-state index >= 15 is 0 Å². The van der Waals surface area contributed by atoms with Gasteiger partial charge in [-0.25, -0.2) is 0 Å². The minimum absolute atomic E-state index is 0.275. The number of hydrogen-bond acceptors (Lipinski definition) is 5. The Balaban J connectivity index is 1.52. The van der Waals surface area contributed by atoms with Crippen LogP contribution in [0.25, 0.3) is 0 Å². The Bertz CT molecular complexity index is 216. The van der Waals surface area contributed by atoms with Gasteiger partial charge in [0, 0.05) is 39.4 Å². The molecule has 1 unspecified atom stereocenters. The van der Waals surface area contributed by atoms with Crippen LogP contribution in [0.2, 0.25) is 0 Å². The molecule has 2 rings (SSSR count). The number of ether oxygens (including phenoxy) is 2. The topological polar surface area (TPSA) is 54.0 Å². The lowest BCUT2D eigenvalue weighted by Gasteiger charge is -2.29. The van der Waals surface area contributed by atoms with E-state index in [0.717, 1.165) is 65.4 Å². The van der Waals surface area contributed by atoms with Gasteiger partial charge in [0.05, 0.1) is 19.3 Å². The number of aliphatic hydroxyl groups is 1. The zero-order valence-corrected chi connectivity index (χ0v) is 11.1. The predicted octanol–water partition coefficient (Wildman–Crippen LogP) is -0.304. The van der Waals surface area contributed by atoms with E-state index in [1.165, 1.54) is 0 Å². The number of rotatable bonds is 6. The average molecular weight is 258 g/mol. The lowest BCUT2D eigenvalue weighted by atomic mass is 10.0. The fraction of sp³-hybridized carbons (Fsp3) is 1.00. The summed E-state index contributed by atoms with van der Waals surface area (Å²) in [6, 6.07) is 0. The monoisotopic (exact) mass is 258 g/mol. The van der Waals surface area contributed by atoms with Gasteiger partial charge in [-0.15, -0.1) is 0 Å². The fourth-order valence-electron chi connectivity index (χ4n) is 2.55. The number of aliphatic hydroxyl groups excluding tert-OH is 1. The van der Waals surface area contributed by atoms with Crippen molar-refractivity contribution in [2.24, 2.45) is 5.92 Å². The van der Waals surface area contributed by atoms with Crippen LogP contribution in [0, 0.1) is 5.92 Å². The molecule has 5 heteroatoms. The van der Waals surface area contributed by atoms with Gasteiger partial charge in [0.25, 0.3) is 0 Å². The smallest absolute Gasteiger partial charge is 0.0791 e. The Morgan fingerprint density at radius 3 is 2.50 bits per heavy atom. The summed E-state index contributed by atoms with van der Waals surface area (Å²) < 4.78 is 10.6. The Hall–Kier alpha value is -0.200. The molecule has 5 nitrogen and oxygen atoms in total. The number of morpholine rings is 1. The molecule has 2 fully saturated rings. The normalized spacial score (nSPS) is 25.2. The van der Waals surface area contributed by atoms with Crippen molar-refractivity contribution in [1.29, 1.82) is 0 Å². The molecule has 2 N–H and O–H groups in total. The molecule has 2 aliphatic rings. The maximum Gasteiger partial charge on any atom is 0.0791 e. The molecule has 18 heavy (non-hydrogen) atoms. The van der Waals surface area contributed by atoms with E-state index in [1.807, 2.05) is 0 Å². The van der Waals surface area contributed by atoms with Crippen molar-refractivity contribution in [2.45, 2.75) is 18.9 Å². The van der Waals surface area contributed by atoms with E-state index in [2.05, 4.69) is 10.2 Å². The first-order valence-corrected chi connectivity index (χ1v) is 7.11. The van der Waals surface area contributed by atoms with E-state index in [0.29, 0.717) is 12.5 Å². The van der Waals surface area contributed by atoms with E-state index in [1.54, 1.807) is 0 Å².